The Kier molecular flexibility index (Phi) is 8.19. The van der Waals surface area contributed by atoms with Crippen LogP contribution in [0.5, 0.6) is 11.5 Å². The van der Waals surface area contributed by atoms with Crippen molar-refractivity contribution in [2.75, 3.05) is 0 Å². The van der Waals surface area contributed by atoms with Gasteiger partial charge >= 0.3 is 11.9 Å². The minimum Gasteiger partial charge on any atom is -0.507 e. The number of furan rings is 1. The summed E-state index contributed by atoms with van der Waals surface area (Å²) in [5, 5.41) is 11.6. The summed E-state index contributed by atoms with van der Waals surface area (Å²) >= 11 is 0. The van der Waals surface area contributed by atoms with E-state index >= 15 is 0 Å². The fourth-order valence-corrected chi connectivity index (χ4v) is 5.33. The first-order valence-electron chi connectivity index (χ1n) is 13.9. The average Bonchev–Trinajstić information content (AvgIpc) is 3.42. The van der Waals surface area contributed by atoms with E-state index in [9.17, 15) is 24.3 Å². The van der Waals surface area contributed by atoms with Crippen LogP contribution in [-0.2, 0) is 14.3 Å². The van der Waals surface area contributed by atoms with Gasteiger partial charge in [0.1, 0.15) is 34.4 Å². The third-order valence-corrected chi connectivity index (χ3v) is 7.52. The molecular formula is C33H32O8. The van der Waals surface area contributed by atoms with Crippen LogP contribution in [0.3, 0.4) is 0 Å². The fraction of sp³-hybridized carbons (Fsp3) is 0.333. The molecule has 0 bridgehead atoms. The number of phenols is 1. The van der Waals surface area contributed by atoms with Gasteiger partial charge in [-0.3, -0.25) is 14.4 Å². The van der Waals surface area contributed by atoms with E-state index < -0.39 is 24.0 Å². The largest absolute Gasteiger partial charge is 0.507 e. The number of Topliss-reactive ketones (excluding diaryl/α,β-unsaturated/α-hetero) is 2. The van der Waals surface area contributed by atoms with Gasteiger partial charge < -0.3 is 19.0 Å². The molecule has 0 aliphatic carbocycles. The normalized spacial score (nSPS) is 19.9. The molecule has 8 heteroatoms. The zero-order chi connectivity index (χ0) is 29.1. The molecule has 0 saturated carbocycles. The summed E-state index contributed by atoms with van der Waals surface area (Å²) in [5.74, 6) is -0.956. The maximum absolute atomic E-state index is 13.4. The number of esters is 2. The lowest BCUT2D eigenvalue weighted by molar-refractivity contribution is -0.135. The first-order valence-corrected chi connectivity index (χ1v) is 13.9. The first kappa shape index (κ1) is 28.1. The molecule has 0 radical (unpaired) electrons. The Bertz CT molecular complexity index is 1530. The number of ether oxygens (including phenoxy) is 2. The van der Waals surface area contributed by atoms with E-state index in [4.69, 9.17) is 13.9 Å². The van der Waals surface area contributed by atoms with Crippen molar-refractivity contribution in [3.8, 4) is 22.8 Å². The highest BCUT2D eigenvalue weighted by Gasteiger charge is 2.37. The summed E-state index contributed by atoms with van der Waals surface area (Å²) in [5.41, 5.74) is 1.97. The van der Waals surface area contributed by atoms with Crippen LogP contribution in [0.15, 0.2) is 53.0 Å². The number of cyclic esters (lactones) is 1. The van der Waals surface area contributed by atoms with Crippen LogP contribution in [-0.4, -0.2) is 34.7 Å². The number of phenolic OH excluding ortho intramolecular Hbond substituents is 1. The van der Waals surface area contributed by atoms with E-state index in [0.717, 1.165) is 5.56 Å². The van der Waals surface area contributed by atoms with Crippen LogP contribution in [0.2, 0.25) is 0 Å². The van der Waals surface area contributed by atoms with Gasteiger partial charge in [-0.1, -0.05) is 36.4 Å². The summed E-state index contributed by atoms with van der Waals surface area (Å²) in [6.45, 7) is 3.26. The van der Waals surface area contributed by atoms with E-state index in [1.807, 2.05) is 6.08 Å². The van der Waals surface area contributed by atoms with E-state index in [1.54, 1.807) is 55.5 Å². The number of aromatic hydroxyl groups is 1. The maximum atomic E-state index is 13.4. The van der Waals surface area contributed by atoms with Gasteiger partial charge in [0.05, 0.1) is 18.4 Å². The van der Waals surface area contributed by atoms with Gasteiger partial charge in [-0.25, -0.2) is 4.79 Å². The van der Waals surface area contributed by atoms with Gasteiger partial charge in [-0.2, -0.15) is 0 Å². The number of hydrogen-bond donors (Lipinski definition) is 1. The SMILES string of the molecule is CC(=O)c1ccc(-c2ccc([C@H]3CC(=O)Oc4cc5c(c(O)c43)C(=O)O[C@@H](C)CCCC(=O)CCCC=C5)o2)cc1. The van der Waals surface area contributed by atoms with Gasteiger partial charge in [0.25, 0.3) is 0 Å². The number of hydrogen-bond acceptors (Lipinski definition) is 8. The van der Waals surface area contributed by atoms with Gasteiger partial charge in [-0.05, 0) is 63.3 Å². The quantitative estimate of drug-likeness (QED) is 0.213. The second-order valence-electron chi connectivity index (χ2n) is 10.6. The predicted molar refractivity (Wildman–Crippen MR) is 151 cm³/mol. The smallest absolute Gasteiger partial charge is 0.342 e. The van der Waals surface area contributed by atoms with Crippen molar-refractivity contribution in [1.29, 1.82) is 0 Å². The molecule has 0 unspecified atom stereocenters. The molecular weight excluding hydrogens is 524 g/mol. The number of ketones is 2. The van der Waals surface area contributed by atoms with E-state index in [0.29, 0.717) is 61.2 Å². The van der Waals surface area contributed by atoms with Crippen molar-refractivity contribution in [3.05, 3.63) is 76.6 Å². The minimum atomic E-state index is -0.699. The van der Waals surface area contributed by atoms with E-state index in [-0.39, 0.29) is 40.6 Å². The molecule has 0 spiro atoms. The highest BCUT2D eigenvalue weighted by molar-refractivity contribution is 5.99. The molecule has 5 rings (SSSR count). The summed E-state index contributed by atoms with van der Waals surface area (Å²) in [6.07, 6.45) is 6.32. The van der Waals surface area contributed by atoms with Crippen molar-refractivity contribution >= 4 is 29.6 Å². The fourth-order valence-electron chi connectivity index (χ4n) is 5.33. The molecule has 41 heavy (non-hydrogen) atoms. The second kappa shape index (κ2) is 12.0. The highest BCUT2D eigenvalue weighted by Crippen LogP contribution is 2.48. The molecule has 0 amide bonds. The average molecular weight is 557 g/mol. The summed E-state index contributed by atoms with van der Waals surface area (Å²) in [7, 11) is 0. The Hall–Kier alpha value is -4.46. The van der Waals surface area contributed by atoms with Crippen LogP contribution in [0.25, 0.3) is 17.4 Å². The monoisotopic (exact) mass is 556 g/mol. The zero-order valence-electron chi connectivity index (χ0n) is 23.1. The molecule has 2 aliphatic heterocycles. The molecule has 2 aliphatic rings. The van der Waals surface area contributed by atoms with Crippen LogP contribution < -0.4 is 4.74 Å². The molecule has 1 aromatic heterocycles. The number of carbonyl (C=O) groups is 4. The first-order chi connectivity index (χ1) is 19.7. The van der Waals surface area contributed by atoms with Crippen LogP contribution in [0.4, 0.5) is 0 Å². The number of allylic oxidation sites excluding steroid dienone is 1. The standard InChI is InChI=1S/C33H32O8/c1-19-7-6-10-24(35)9-5-3-4-8-23-17-28-31(32(37)30(23)33(38)39-19)25(18-29(36)41-28)27-16-15-26(40-27)22-13-11-21(12-14-22)20(2)34/h4,8,11-17,19,25,37H,3,5-7,9-10,18H2,1-2H3/t19-,25+/m0/s1. The van der Waals surface area contributed by atoms with Crippen molar-refractivity contribution in [1.82, 2.24) is 0 Å². The molecule has 2 aromatic carbocycles. The van der Waals surface area contributed by atoms with Gasteiger partial charge in [0.2, 0.25) is 0 Å². The minimum absolute atomic E-state index is 0.00506. The number of rotatable bonds is 3. The third kappa shape index (κ3) is 6.16. The molecule has 3 heterocycles. The maximum Gasteiger partial charge on any atom is 0.342 e. The summed E-state index contributed by atoms with van der Waals surface area (Å²) in [4.78, 5) is 49.8. The Morgan fingerprint density at radius 3 is 2.51 bits per heavy atom. The van der Waals surface area contributed by atoms with Crippen LogP contribution >= 0.6 is 0 Å². The van der Waals surface area contributed by atoms with Gasteiger partial charge in [0.15, 0.2) is 5.78 Å². The molecule has 0 saturated heterocycles. The summed E-state index contributed by atoms with van der Waals surface area (Å²) < 4.78 is 17.4. The van der Waals surface area contributed by atoms with Crippen LogP contribution in [0, 0.1) is 0 Å². The highest BCUT2D eigenvalue weighted by atomic mass is 16.5. The van der Waals surface area contributed by atoms with Crippen molar-refractivity contribution in [3.63, 3.8) is 0 Å². The number of fused-ring (bicyclic) bond motifs is 2. The molecule has 1 N–H and O–H groups in total. The Morgan fingerprint density at radius 2 is 1.76 bits per heavy atom. The van der Waals surface area contributed by atoms with Gasteiger partial charge in [0, 0.05) is 29.5 Å². The topological polar surface area (TPSA) is 120 Å². The van der Waals surface area contributed by atoms with E-state index in [2.05, 4.69) is 0 Å². The Labute approximate surface area is 238 Å². The summed E-state index contributed by atoms with van der Waals surface area (Å²) in [6, 6.07) is 12.1. The molecule has 2 atom stereocenters. The van der Waals surface area contributed by atoms with Crippen LogP contribution in [0.1, 0.15) is 102 Å². The zero-order valence-corrected chi connectivity index (χ0v) is 23.1. The second-order valence-corrected chi connectivity index (χ2v) is 10.6. The Morgan fingerprint density at radius 1 is 1.00 bits per heavy atom. The lowest BCUT2D eigenvalue weighted by Gasteiger charge is -2.26. The van der Waals surface area contributed by atoms with Crippen molar-refractivity contribution in [2.24, 2.45) is 0 Å². The molecule has 3 aromatic rings. The van der Waals surface area contributed by atoms with Crippen molar-refractivity contribution < 1.29 is 38.2 Å². The Balaban J connectivity index is 1.54. The predicted octanol–water partition coefficient (Wildman–Crippen LogP) is 6.78. The number of benzene rings is 2. The molecule has 212 valence electrons. The lowest BCUT2D eigenvalue weighted by atomic mass is 9.86. The molecule has 8 nitrogen and oxygen atoms in total. The lowest BCUT2D eigenvalue weighted by Crippen LogP contribution is -2.23. The van der Waals surface area contributed by atoms with Gasteiger partial charge in [-0.15, -0.1) is 0 Å². The third-order valence-electron chi connectivity index (χ3n) is 7.52. The molecule has 0 fully saturated rings. The van der Waals surface area contributed by atoms with E-state index in [1.165, 1.54) is 6.92 Å². The number of carbonyl (C=O) groups excluding carboxylic acids is 4. The van der Waals surface area contributed by atoms with Crippen molar-refractivity contribution in [2.45, 2.75) is 70.8 Å².